The van der Waals surface area contributed by atoms with Crippen molar-refractivity contribution in [2.45, 2.75) is 63.8 Å². The molecule has 0 spiro atoms. The Morgan fingerprint density at radius 1 is 0.879 bits per heavy atom. The molecule has 1 fully saturated rings. The molecule has 2 aromatic rings. The Bertz CT molecular complexity index is 1090. The normalized spacial score (nSPS) is 19.0. The second kappa shape index (κ2) is 9.47. The third kappa shape index (κ3) is 4.94. The van der Waals surface area contributed by atoms with E-state index in [1.807, 2.05) is 30.3 Å². The summed E-state index contributed by atoms with van der Waals surface area (Å²) in [5.74, 6) is -0.130. The van der Waals surface area contributed by atoms with Crippen molar-refractivity contribution in [1.82, 2.24) is 9.62 Å². The van der Waals surface area contributed by atoms with E-state index >= 15 is 0 Å². The number of hydrogen-bond acceptors (Lipinski definition) is 4. The predicted octanol–water partition coefficient (Wildman–Crippen LogP) is 4.34. The van der Waals surface area contributed by atoms with Crippen molar-refractivity contribution in [2.24, 2.45) is 0 Å². The van der Waals surface area contributed by atoms with Gasteiger partial charge in [-0.15, -0.1) is 0 Å². The number of sulfonamides is 1. The van der Waals surface area contributed by atoms with Gasteiger partial charge in [0.15, 0.2) is 0 Å². The minimum Gasteiger partial charge on any atom is -0.307 e. The Morgan fingerprint density at radius 3 is 2.15 bits per heavy atom. The first kappa shape index (κ1) is 22.4. The highest BCUT2D eigenvalue weighted by atomic mass is 32.2. The number of benzene rings is 2. The second-order valence-electron chi connectivity index (χ2n) is 9.59. The predicted molar refractivity (Wildman–Crippen MR) is 131 cm³/mol. The molecule has 0 aromatic heterocycles. The lowest BCUT2D eigenvalue weighted by molar-refractivity contribution is 0.176. The fourth-order valence-electron chi connectivity index (χ4n) is 5.81. The van der Waals surface area contributed by atoms with Crippen molar-refractivity contribution in [3.05, 3.63) is 64.2 Å². The monoisotopic (exact) mass is 467 g/mol. The number of fused-ring (bicyclic) bond motifs is 2. The highest BCUT2D eigenvalue weighted by Crippen LogP contribution is 2.38. The van der Waals surface area contributed by atoms with Crippen molar-refractivity contribution in [1.29, 1.82) is 0 Å². The highest BCUT2D eigenvalue weighted by molar-refractivity contribution is 7.90. The fourth-order valence-corrected chi connectivity index (χ4v) is 7.05. The molecule has 1 saturated heterocycles. The standard InChI is InChI=1S/C26H33N3O3S/c30-26(27-25-22-13-7-11-20(22)17-21-12-8-14-23(21)25)28-33(31,32)18-24(19-9-3-1-4-10-19)29-15-5-2-6-16-29/h1,3-4,9-10,17,24H,2,5-8,11-16,18H2,(H2,27,28,30). The minimum absolute atomic E-state index is 0.130. The maximum atomic E-state index is 13.1. The molecule has 1 atom stereocenters. The van der Waals surface area contributed by atoms with Crippen molar-refractivity contribution < 1.29 is 13.2 Å². The van der Waals surface area contributed by atoms with Crippen LogP contribution < -0.4 is 10.0 Å². The van der Waals surface area contributed by atoms with Crippen LogP contribution in [0.2, 0.25) is 0 Å². The number of anilines is 1. The molecule has 2 aliphatic carbocycles. The number of nitrogens with one attached hydrogen (secondary N) is 2. The lowest BCUT2D eigenvalue weighted by Crippen LogP contribution is -2.42. The summed E-state index contributed by atoms with van der Waals surface area (Å²) in [5, 5.41) is 2.95. The molecule has 176 valence electrons. The molecule has 5 rings (SSSR count). The van der Waals surface area contributed by atoms with E-state index in [2.05, 4.69) is 21.0 Å². The van der Waals surface area contributed by atoms with Crippen LogP contribution in [0.1, 0.15) is 66.0 Å². The zero-order chi connectivity index (χ0) is 22.8. The Morgan fingerprint density at radius 2 is 1.52 bits per heavy atom. The van der Waals surface area contributed by atoms with E-state index in [0.29, 0.717) is 0 Å². The SMILES string of the molecule is O=C(Nc1c2c(cc3c1CCC3)CCC2)NS(=O)(=O)CC(c1ccccc1)N1CCCCC1. The van der Waals surface area contributed by atoms with Crippen LogP contribution in [0.25, 0.3) is 0 Å². The summed E-state index contributed by atoms with van der Waals surface area (Å²) >= 11 is 0. The lowest BCUT2D eigenvalue weighted by Gasteiger charge is -2.34. The van der Waals surface area contributed by atoms with E-state index in [0.717, 1.165) is 75.7 Å². The van der Waals surface area contributed by atoms with Gasteiger partial charge in [-0.1, -0.05) is 42.8 Å². The topological polar surface area (TPSA) is 78.5 Å². The van der Waals surface area contributed by atoms with E-state index in [9.17, 15) is 13.2 Å². The Balaban J connectivity index is 1.33. The summed E-state index contributed by atoms with van der Waals surface area (Å²) < 4.78 is 28.6. The first-order chi connectivity index (χ1) is 16.0. The quantitative estimate of drug-likeness (QED) is 0.662. The third-order valence-electron chi connectivity index (χ3n) is 7.35. The number of amides is 2. The van der Waals surface area contributed by atoms with Crippen LogP contribution >= 0.6 is 0 Å². The van der Waals surface area contributed by atoms with Gasteiger partial charge in [-0.3, -0.25) is 4.90 Å². The molecule has 0 radical (unpaired) electrons. The molecule has 1 heterocycles. The largest absolute Gasteiger partial charge is 0.332 e. The number of carbonyl (C=O) groups excluding carboxylic acids is 1. The zero-order valence-corrected chi connectivity index (χ0v) is 19.9. The second-order valence-corrected chi connectivity index (χ2v) is 11.4. The fraction of sp³-hybridized carbons (Fsp3) is 0.500. The van der Waals surface area contributed by atoms with Gasteiger partial charge in [0.25, 0.3) is 0 Å². The van der Waals surface area contributed by atoms with Crippen LogP contribution in [0, 0.1) is 0 Å². The molecule has 0 saturated carbocycles. The first-order valence-corrected chi connectivity index (χ1v) is 13.9. The zero-order valence-electron chi connectivity index (χ0n) is 19.1. The van der Waals surface area contributed by atoms with E-state index in [4.69, 9.17) is 0 Å². The number of urea groups is 1. The number of rotatable bonds is 6. The van der Waals surface area contributed by atoms with Crippen LogP contribution in [0.4, 0.5) is 10.5 Å². The summed E-state index contributed by atoms with van der Waals surface area (Å²) in [6, 6.07) is 11.2. The molecule has 33 heavy (non-hydrogen) atoms. The van der Waals surface area contributed by atoms with Gasteiger partial charge in [-0.25, -0.2) is 17.9 Å². The number of likely N-dealkylation sites (tertiary alicyclic amines) is 1. The van der Waals surface area contributed by atoms with Crippen molar-refractivity contribution in [3.63, 3.8) is 0 Å². The van der Waals surface area contributed by atoms with Gasteiger partial charge >= 0.3 is 6.03 Å². The molecule has 6 nitrogen and oxygen atoms in total. The molecule has 3 aliphatic rings. The van der Waals surface area contributed by atoms with E-state index in [-0.39, 0.29) is 11.8 Å². The lowest BCUT2D eigenvalue weighted by atomic mass is 9.99. The number of aryl methyl sites for hydroxylation is 2. The number of nitrogens with zero attached hydrogens (tertiary/aromatic N) is 1. The van der Waals surface area contributed by atoms with Gasteiger partial charge < -0.3 is 5.32 Å². The van der Waals surface area contributed by atoms with Crippen molar-refractivity contribution in [2.75, 3.05) is 24.2 Å². The summed E-state index contributed by atoms with van der Waals surface area (Å²) in [4.78, 5) is 15.2. The van der Waals surface area contributed by atoms with E-state index < -0.39 is 16.1 Å². The van der Waals surface area contributed by atoms with Crippen molar-refractivity contribution in [3.8, 4) is 0 Å². The molecule has 2 amide bonds. The van der Waals surface area contributed by atoms with Gasteiger partial charge in [0, 0.05) is 5.69 Å². The van der Waals surface area contributed by atoms with E-state index in [1.165, 1.54) is 28.7 Å². The molecular formula is C26H33N3O3S. The summed E-state index contributed by atoms with van der Waals surface area (Å²) in [6.45, 7) is 1.76. The van der Waals surface area contributed by atoms with Crippen LogP contribution in [0.15, 0.2) is 36.4 Å². The summed E-state index contributed by atoms with van der Waals surface area (Å²) in [6.07, 6.45) is 9.44. The van der Waals surface area contributed by atoms with Crippen LogP contribution in [-0.2, 0) is 35.7 Å². The average molecular weight is 468 g/mol. The van der Waals surface area contributed by atoms with Gasteiger partial charge in [0.2, 0.25) is 10.0 Å². The number of hydrogen-bond donors (Lipinski definition) is 2. The Labute approximate surface area is 196 Å². The average Bonchev–Trinajstić information content (AvgIpc) is 3.48. The summed E-state index contributed by atoms with van der Waals surface area (Å²) in [5.41, 5.74) is 6.84. The van der Waals surface area contributed by atoms with E-state index in [1.54, 1.807) is 0 Å². The summed E-state index contributed by atoms with van der Waals surface area (Å²) in [7, 11) is -3.83. The Hall–Kier alpha value is -2.38. The van der Waals surface area contributed by atoms with Gasteiger partial charge in [0.1, 0.15) is 0 Å². The third-order valence-corrected chi connectivity index (χ3v) is 8.60. The van der Waals surface area contributed by atoms with Gasteiger partial charge in [-0.05, 0) is 92.3 Å². The van der Waals surface area contributed by atoms with Gasteiger partial charge in [0.05, 0.1) is 11.8 Å². The van der Waals surface area contributed by atoms with Crippen LogP contribution in [0.5, 0.6) is 0 Å². The molecule has 7 heteroatoms. The molecule has 1 unspecified atom stereocenters. The molecule has 2 aromatic carbocycles. The molecular weight excluding hydrogens is 434 g/mol. The Kier molecular flexibility index (Phi) is 6.43. The smallest absolute Gasteiger partial charge is 0.307 e. The molecule has 1 aliphatic heterocycles. The molecule has 0 bridgehead atoms. The number of piperidine rings is 1. The maximum absolute atomic E-state index is 13.1. The first-order valence-electron chi connectivity index (χ1n) is 12.3. The van der Waals surface area contributed by atoms with Crippen molar-refractivity contribution >= 4 is 21.7 Å². The van der Waals surface area contributed by atoms with Crippen LogP contribution in [-0.4, -0.2) is 38.2 Å². The minimum atomic E-state index is -3.83. The van der Waals surface area contributed by atoms with Gasteiger partial charge in [-0.2, -0.15) is 0 Å². The number of carbonyl (C=O) groups is 1. The highest BCUT2D eigenvalue weighted by Gasteiger charge is 2.30. The van der Waals surface area contributed by atoms with Crippen LogP contribution in [0.3, 0.4) is 0 Å². The maximum Gasteiger partial charge on any atom is 0.332 e. The molecule has 2 N–H and O–H groups in total.